The second kappa shape index (κ2) is 8.30. The van der Waals surface area contributed by atoms with Gasteiger partial charge in [0.25, 0.3) is 0 Å². The van der Waals surface area contributed by atoms with E-state index in [0.29, 0.717) is 6.42 Å². The number of benzene rings is 1. The van der Waals surface area contributed by atoms with Crippen LogP contribution in [-0.4, -0.2) is 5.91 Å². The van der Waals surface area contributed by atoms with E-state index in [1.54, 1.807) is 0 Å². The Morgan fingerprint density at radius 3 is 2.78 bits per heavy atom. The predicted molar refractivity (Wildman–Crippen MR) is 79.5 cm³/mol. The molecule has 1 amide bonds. The summed E-state index contributed by atoms with van der Waals surface area (Å²) in [4.78, 5) is 11.8. The summed E-state index contributed by atoms with van der Waals surface area (Å²) >= 11 is 3.44. The summed E-state index contributed by atoms with van der Waals surface area (Å²) in [5.41, 5.74) is 1.13. The summed E-state index contributed by atoms with van der Waals surface area (Å²) in [7, 11) is 0. The van der Waals surface area contributed by atoms with Crippen molar-refractivity contribution in [3.8, 4) is 0 Å². The largest absolute Gasteiger partial charge is 0.350 e. The van der Waals surface area contributed by atoms with Crippen LogP contribution in [-0.2, 0) is 4.79 Å². The predicted octanol–water partition coefficient (Wildman–Crippen LogP) is 4.60. The van der Waals surface area contributed by atoms with E-state index < -0.39 is 0 Å². The molecular weight excluding hydrogens is 290 g/mol. The van der Waals surface area contributed by atoms with Crippen molar-refractivity contribution in [1.29, 1.82) is 0 Å². The zero-order chi connectivity index (χ0) is 13.4. The van der Waals surface area contributed by atoms with E-state index in [9.17, 15) is 4.79 Å². The van der Waals surface area contributed by atoms with Crippen molar-refractivity contribution < 1.29 is 4.79 Å². The molecule has 1 rings (SSSR count). The number of amides is 1. The monoisotopic (exact) mass is 311 g/mol. The Labute approximate surface area is 118 Å². The van der Waals surface area contributed by atoms with Gasteiger partial charge in [0.2, 0.25) is 5.91 Å². The molecule has 1 N–H and O–H groups in total. The van der Waals surface area contributed by atoms with Gasteiger partial charge < -0.3 is 5.32 Å². The zero-order valence-corrected chi connectivity index (χ0v) is 12.8. The zero-order valence-electron chi connectivity index (χ0n) is 11.2. The standard InChI is InChI=1S/C15H22BrNO/c1-3-4-5-6-10-15(18)17-12(2)13-8-7-9-14(16)11-13/h7-9,11-12H,3-6,10H2,1-2H3,(H,17,18). The number of hydrogen-bond acceptors (Lipinski definition) is 1. The first-order chi connectivity index (χ1) is 8.63. The van der Waals surface area contributed by atoms with Crippen LogP contribution in [0, 0.1) is 0 Å². The average Bonchev–Trinajstić information content (AvgIpc) is 2.34. The number of unbranched alkanes of at least 4 members (excludes halogenated alkanes) is 3. The Morgan fingerprint density at radius 1 is 1.33 bits per heavy atom. The van der Waals surface area contributed by atoms with Crippen LogP contribution in [0.5, 0.6) is 0 Å². The molecule has 1 aromatic carbocycles. The number of carbonyl (C=O) groups excluding carboxylic acids is 1. The Kier molecular flexibility index (Phi) is 7.02. The highest BCUT2D eigenvalue weighted by atomic mass is 79.9. The fraction of sp³-hybridized carbons (Fsp3) is 0.533. The molecule has 2 nitrogen and oxygen atoms in total. The van der Waals surface area contributed by atoms with Gasteiger partial charge in [-0.2, -0.15) is 0 Å². The molecule has 3 heteroatoms. The summed E-state index contributed by atoms with van der Waals surface area (Å²) in [6.07, 6.45) is 5.20. The van der Waals surface area contributed by atoms with E-state index in [2.05, 4.69) is 28.2 Å². The Morgan fingerprint density at radius 2 is 2.11 bits per heavy atom. The average molecular weight is 312 g/mol. The lowest BCUT2D eigenvalue weighted by atomic mass is 10.1. The highest BCUT2D eigenvalue weighted by molar-refractivity contribution is 9.10. The maximum atomic E-state index is 11.8. The van der Waals surface area contributed by atoms with Crippen LogP contribution in [0.2, 0.25) is 0 Å². The van der Waals surface area contributed by atoms with E-state index in [4.69, 9.17) is 0 Å². The Balaban J connectivity index is 2.35. The molecule has 0 radical (unpaired) electrons. The molecule has 0 aromatic heterocycles. The van der Waals surface area contributed by atoms with Crippen molar-refractivity contribution in [2.75, 3.05) is 0 Å². The lowest BCUT2D eigenvalue weighted by molar-refractivity contribution is -0.121. The number of halogens is 1. The number of hydrogen-bond donors (Lipinski definition) is 1. The smallest absolute Gasteiger partial charge is 0.220 e. The first kappa shape index (κ1) is 15.2. The second-order valence-electron chi connectivity index (χ2n) is 4.65. The molecule has 0 fully saturated rings. The first-order valence-electron chi connectivity index (χ1n) is 6.68. The topological polar surface area (TPSA) is 29.1 Å². The van der Waals surface area contributed by atoms with E-state index in [-0.39, 0.29) is 11.9 Å². The van der Waals surface area contributed by atoms with Crippen LogP contribution in [0.15, 0.2) is 28.7 Å². The van der Waals surface area contributed by atoms with Gasteiger partial charge in [-0.3, -0.25) is 4.79 Å². The number of carbonyl (C=O) groups is 1. The van der Waals surface area contributed by atoms with Crippen molar-refractivity contribution in [1.82, 2.24) is 5.32 Å². The Bertz CT molecular complexity index is 379. The van der Waals surface area contributed by atoms with E-state index >= 15 is 0 Å². The molecule has 1 unspecified atom stereocenters. The van der Waals surface area contributed by atoms with Gasteiger partial charge in [-0.25, -0.2) is 0 Å². The highest BCUT2D eigenvalue weighted by Gasteiger charge is 2.09. The van der Waals surface area contributed by atoms with Crippen LogP contribution < -0.4 is 5.32 Å². The van der Waals surface area contributed by atoms with Gasteiger partial charge in [-0.15, -0.1) is 0 Å². The molecule has 0 aliphatic carbocycles. The molecule has 18 heavy (non-hydrogen) atoms. The summed E-state index contributed by atoms with van der Waals surface area (Å²) in [6.45, 7) is 4.20. The van der Waals surface area contributed by atoms with Gasteiger partial charge in [0.15, 0.2) is 0 Å². The summed E-state index contributed by atoms with van der Waals surface area (Å²) in [6, 6.07) is 8.13. The quantitative estimate of drug-likeness (QED) is 0.733. The number of nitrogens with one attached hydrogen (secondary N) is 1. The molecular formula is C15H22BrNO. The molecule has 0 saturated carbocycles. The summed E-state index contributed by atoms with van der Waals surface area (Å²) < 4.78 is 1.05. The van der Waals surface area contributed by atoms with Gasteiger partial charge in [-0.05, 0) is 31.0 Å². The third kappa shape index (κ3) is 5.67. The molecule has 0 bridgehead atoms. The van der Waals surface area contributed by atoms with Crippen molar-refractivity contribution in [3.63, 3.8) is 0 Å². The first-order valence-corrected chi connectivity index (χ1v) is 7.47. The normalized spacial score (nSPS) is 12.2. The third-order valence-corrected chi connectivity index (χ3v) is 3.48. The minimum absolute atomic E-state index is 0.0705. The van der Waals surface area contributed by atoms with Crippen molar-refractivity contribution in [2.24, 2.45) is 0 Å². The van der Waals surface area contributed by atoms with Crippen molar-refractivity contribution >= 4 is 21.8 Å². The summed E-state index contributed by atoms with van der Waals surface area (Å²) in [5.74, 6) is 0.151. The van der Waals surface area contributed by atoms with Gasteiger partial charge in [0.05, 0.1) is 6.04 Å². The lowest BCUT2D eigenvalue weighted by Gasteiger charge is -2.14. The van der Waals surface area contributed by atoms with Crippen LogP contribution in [0.1, 0.15) is 57.6 Å². The summed E-state index contributed by atoms with van der Waals surface area (Å²) in [5, 5.41) is 3.04. The van der Waals surface area contributed by atoms with Gasteiger partial charge >= 0.3 is 0 Å². The van der Waals surface area contributed by atoms with E-state index in [1.807, 2.05) is 31.2 Å². The lowest BCUT2D eigenvalue weighted by Crippen LogP contribution is -2.26. The molecule has 0 saturated heterocycles. The number of rotatable bonds is 7. The van der Waals surface area contributed by atoms with Crippen LogP contribution in [0.25, 0.3) is 0 Å². The molecule has 0 aliphatic heterocycles. The molecule has 0 heterocycles. The van der Waals surface area contributed by atoms with Crippen LogP contribution >= 0.6 is 15.9 Å². The van der Waals surface area contributed by atoms with Crippen LogP contribution in [0.3, 0.4) is 0 Å². The minimum Gasteiger partial charge on any atom is -0.350 e. The SMILES string of the molecule is CCCCCCC(=O)NC(C)c1cccc(Br)c1. The molecule has 1 atom stereocenters. The van der Waals surface area contributed by atoms with Crippen molar-refractivity contribution in [2.45, 2.75) is 52.0 Å². The maximum Gasteiger partial charge on any atom is 0.220 e. The molecule has 0 aliphatic rings. The maximum absolute atomic E-state index is 11.8. The van der Waals surface area contributed by atoms with E-state index in [0.717, 1.165) is 22.9 Å². The Hall–Kier alpha value is -0.830. The van der Waals surface area contributed by atoms with Crippen molar-refractivity contribution in [3.05, 3.63) is 34.3 Å². The molecule has 0 spiro atoms. The highest BCUT2D eigenvalue weighted by Crippen LogP contribution is 2.18. The van der Waals surface area contributed by atoms with Gasteiger partial charge in [0, 0.05) is 10.9 Å². The van der Waals surface area contributed by atoms with E-state index in [1.165, 1.54) is 12.8 Å². The third-order valence-electron chi connectivity index (χ3n) is 2.98. The van der Waals surface area contributed by atoms with Gasteiger partial charge in [0.1, 0.15) is 0 Å². The molecule has 1 aromatic rings. The molecule has 100 valence electrons. The fourth-order valence-electron chi connectivity index (χ4n) is 1.89. The fourth-order valence-corrected chi connectivity index (χ4v) is 2.30. The minimum atomic E-state index is 0.0705. The van der Waals surface area contributed by atoms with Crippen LogP contribution in [0.4, 0.5) is 0 Å². The van der Waals surface area contributed by atoms with Gasteiger partial charge in [-0.1, -0.05) is 54.2 Å². The second-order valence-corrected chi connectivity index (χ2v) is 5.57.